The van der Waals surface area contributed by atoms with Crippen molar-refractivity contribution in [1.29, 1.82) is 0 Å². The van der Waals surface area contributed by atoms with Crippen molar-refractivity contribution < 1.29 is 23.8 Å². The van der Waals surface area contributed by atoms with Gasteiger partial charge in [-0.1, -0.05) is 31.2 Å². The van der Waals surface area contributed by atoms with Crippen molar-refractivity contribution in [2.75, 3.05) is 19.8 Å². The largest absolute Gasteiger partial charge is 0.494 e. The molecule has 0 amide bonds. The number of aliphatic hydroxyl groups excluding tert-OH is 1. The topological polar surface area (TPSA) is 72.1 Å². The molecule has 6 heteroatoms. The zero-order valence-corrected chi connectivity index (χ0v) is 18.7. The molecule has 32 heavy (non-hydrogen) atoms. The summed E-state index contributed by atoms with van der Waals surface area (Å²) in [5.41, 5.74) is 1.70. The molecule has 0 aliphatic rings. The normalized spacial score (nSPS) is 12.0. The van der Waals surface area contributed by atoms with Crippen molar-refractivity contribution in [3.05, 3.63) is 83.8 Å². The Labute approximate surface area is 189 Å². The maximum absolute atomic E-state index is 11.6. The molecule has 1 heterocycles. The summed E-state index contributed by atoms with van der Waals surface area (Å²) in [6.07, 6.45) is 1.91. The molecule has 0 radical (unpaired) electrons. The van der Waals surface area contributed by atoms with E-state index in [1.54, 1.807) is 30.5 Å². The molecule has 1 N–H and O–H groups in total. The number of furan rings is 1. The first-order valence-corrected chi connectivity index (χ1v) is 10.9. The Bertz CT molecular complexity index is 953. The molecule has 1 aromatic heterocycles. The predicted octanol–water partition coefficient (Wildman–Crippen LogP) is 4.71. The summed E-state index contributed by atoms with van der Waals surface area (Å²) in [6, 6.07) is 18.8. The van der Waals surface area contributed by atoms with Gasteiger partial charge in [-0.05, 0) is 55.3 Å². The minimum absolute atomic E-state index is 0.0215. The van der Waals surface area contributed by atoms with Crippen molar-refractivity contribution in [1.82, 2.24) is 4.90 Å². The predicted molar refractivity (Wildman–Crippen MR) is 123 cm³/mol. The molecular weight excluding hydrogens is 406 g/mol. The summed E-state index contributed by atoms with van der Waals surface area (Å²) in [5.74, 6) is 2.23. The van der Waals surface area contributed by atoms with Crippen LogP contribution in [0.3, 0.4) is 0 Å². The van der Waals surface area contributed by atoms with Crippen LogP contribution in [0, 0.1) is 0 Å². The summed E-state index contributed by atoms with van der Waals surface area (Å²) >= 11 is 0. The van der Waals surface area contributed by atoms with E-state index in [0.29, 0.717) is 37.6 Å². The summed E-state index contributed by atoms with van der Waals surface area (Å²) in [6.45, 7) is 6.04. The zero-order chi connectivity index (χ0) is 22.8. The van der Waals surface area contributed by atoms with E-state index in [4.69, 9.17) is 13.9 Å². The lowest BCUT2D eigenvalue weighted by Gasteiger charge is -2.24. The minimum Gasteiger partial charge on any atom is -0.494 e. The van der Waals surface area contributed by atoms with E-state index in [1.165, 1.54) is 6.92 Å². The highest BCUT2D eigenvalue weighted by Crippen LogP contribution is 2.17. The first-order valence-electron chi connectivity index (χ1n) is 10.9. The van der Waals surface area contributed by atoms with Gasteiger partial charge in [-0.3, -0.25) is 9.69 Å². The molecule has 0 aliphatic heterocycles. The highest BCUT2D eigenvalue weighted by molar-refractivity contribution is 5.94. The van der Waals surface area contributed by atoms with Gasteiger partial charge in [0.2, 0.25) is 0 Å². The Morgan fingerprint density at radius 3 is 2.53 bits per heavy atom. The van der Waals surface area contributed by atoms with Gasteiger partial charge in [-0.25, -0.2) is 0 Å². The molecule has 0 aliphatic carbocycles. The Hall–Kier alpha value is -3.09. The Morgan fingerprint density at radius 1 is 1.03 bits per heavy atom. The van der Waals surface area contributed by atoms with Crippen molar-refractivity contribution >= 4 is 5.78 Å². The van der Waals surface area contributed by atoms with Gasteiger partial charge in [0, 0.05) is 18.7 Å². The van der Waals surface area contributed by atoms with Gasteiger partial charge >= 0.3 is 0 Å². The summed E-state index contributed by atoms with van der Waals surface area (Å²) in [7, 11) is 0. The van der Waals surface area contributed by atoms with Gasteiger partial charge in [0.25, 0.3) is 0 Å². The van der Waals surface area contributed by atoms with Crippen LogP contribution in [0.4, 0.5) is 0 Å². The van der Waals surface area contributed by atoms with E-state index in [2.05, 4.69) is 11.8 Å². The highest BCUT2D eigenvalue weighted by atomic mass is 16.5. The molecule has 3 rings (SSSR count). The van der Waals surface area contributed by atoms with Crippen molar-refractivity contribution in [2.24, 2.45) is 0 Å². The van der Waals surface area contributed by atoms with Crippen LogP contribution in [-0.2, 0) is 13.1 Å². The van der Waals surface area contributed by atoms with Crippen molar-refractivity contribution in [3.63, 3.8) is 0 Å². The average Bonchev–Trinajstić information content (AvgIpc) is 3.30. The number of ether oxygens (including phenoxy) is 2. The van der Waals surface area contributed by atoms with E-state index in [9.17, 15) is 9.90 Å². The molecule has 6 nitrogen and oxygen atoms in total. The number of Topliss-reactive ketones (excluding diaryl/α,β-unsaturated/α-hetero) is 1. The van der Waals surface area contributed by atoms with Crippen LogP contribution < -0.4 is 9.47 Å². The third-order valence-electron chi connectivity index (χ3n) is 4.91. The number of ketones is 1. The van der Waals surface area contributed by atoms with Crippen molar-refractivity contribution in [3.8, 4) is 11.5 Å². The number of aliphatic hydroxyl groups is 1. The lowest BCUT2D eigenvalue weighted by Crippen LogP contribution is -2.35. The Kier molecular flexibility index (Phi) is 8.90. The molecule has 1 atom stereocenters. The molecule has 2 aromatic carbocycles. The summed E-state index contributed by atoms with van der Waals surface area (Å²) in [4.78, 5) is 13.7. The van der Waals surface area contributed by atoms with E-state index in [1.807, 2.05) is 36.4 Å². The lowest BCUT2D eigenvalue weighted by molar-refractivity contribution is 0.0604. The molecule has 0 fully saturated rings. The standard InChI is InChI=1S/C26H31NO5/c1-3-13-30-24-11-9-21(10-12-24)16-27(18-26-8-5-14-31-26)17-23(29)19-32-25-7-4-6-22(15-25)20(2)28/h4-12,14-15,23,29H,3,13,16-19H2,1-2H3. The number of carbonyl (C=O) groups excluding carboxylic acids is 1. The first-order chi connectivity index (χ1) is 15.5. The fraction of sp³-hybridized carbons (Fsp3) is 0.346. The number of hydrogen-bond donors (Lipinski definition) is 1. The van der Waals surface area contributed by atoms with Gasteiger partial charge in [-0.2, -0.15) is 0 Å². The maximum atomic E-state index is 11.6. The van der Waals surface area contributed by atoms with Crippen LogP contribution in [0.2, 0.25) is 0 Å². The molecule has 0 spiro atoms. The van der Waals surface area contributed by atoms with E-state index in [0.717, 1.165) is 23.5 Å². The Balaban J connectivity index is 1.59. The van der Waals surface area contributed by atoms with Gasteiger partial charge in [0.1, 0.15) is 30.0 Å². The smallest absolute Gasteiger partial charge is 0.159 e. The second kappa shape index (κ2) is 12.1. The average molecular weight is 438 g/mol. The third-order valence-corrected chi connectivity index (χ3v) is 4.91. The van der Waals surface area contributed by atoms with E-state index >= 15 is 0 Å². The molecule has 0 bridgehead atoms. The van der Waals surface area contributed by atoms with Crippen molar-refractivity contribution in [2.45, 2.75) is 39.5 Å². The number of rotatable bonds is 13. The summed E-state index contributed by atoms with van der Waals surface area (Å²) < 4.78 is 16.9. The molecular formula is C26H31NO5. The summed E-state index contributed by atoms with van der Waals surface area (Å²) in [5, 5.41) is 10.6. The number of hydrogen-bond acceptors (Lipinski definition) is 6. The van der Waals surface area contributed by atoms with Crippen LogP contribution in [-0.4, -0.2) is 41.7 Å². The van der Waals surface area contributed by atoms with Gasteiger partial charge in [0.15, 0.2) is 5.78 Å². The number of nitrogens with zero attached hydrogens (tertiary/aromatic N) is 1. The van der Waals surface area contributed by atoms with Crippen LogP contribution in [0.25, 0.3) is 0 Å². The monoisotopic (exact) mass is 437 g/mol. The highest BCUT2D eigenvalue weighted by Gasteiger charge is 2.15. The fourth-order valence-electron chi connectivity index (χ4n) is 3.33. The maximum Gasteiger partial charge on any atom is 0.159 e. The lowest BCUT2D eigenvalue weighted by atomic mass is 10.1. The van der Waals surface area contributed by atoms with Crippen LogP contribution in [0.1, 0.15) is 41.9 Å². The van der Waals surface area contributed by atoms with E-state index < -0.39 is 6.10 Å². The fourth-order valence-corrected chi connectivity index (χ4v) is 3.33. The van der Waals surface area contributed by atoms with Gasteiger partial charge in [-0.15, -0.1) is 0 Å². The van der Waals surface area contributed by atoms with Gasteiger partial charge < -0.3 is 19.0 Å². The third kappa shape index (κ3) is 7.55. The van der Waals surface area contributed by atoms with Gasteiger partial charge in [0.05, 0.1) is 19.4 Å². The first kappa shape index (κ1) is 23.6. The minimum atomic E-state index is -0.710. The van der Waals surface area contributed by atoms with Crippen LogP contribution in [0.5, 0.6) is 11.5 Å². The second-order valence-corrected chi connectivity index (χ2v) is 7.79. The Morgan fingerprint density at radius 2 is 1.84 bits per heavy atom. The quantitative estimate of drug-likeness (QED) is 0.390. The zero-order valence-electron chi connectivity index (χ0n) is 18.7. The molecule has 1 unspecified atom stereocenters. The SMILES string of the molecule is CCCOc1ccc(CN(Cc2ccco2)CC(O)COc2cccc(C(C)=O)c2)cc1. The molecule has 170 valence electrons. The van der Waals surface area contributed by atoms with Crippen LogP contribution in [0.15, 0.2) is 71.3 Å². The molecule has 0 saturated heterocycles. The van der Waals surface area contributed by atoms with E-state index in [-0.39, 0.29) is 12.4 Å². The van der Waals surface area contributed by atoms with Crippen LogP contribution >= 0.6 is 0 Å². The molecule has 0 saturated carbocycles. The second-order valence-electron chi connectivity index (χ2n) is 7.79. The number of carbonyl (C=O) groups is 1. The molecule has 3 aromatic rings. The number of benzene rings is 2.